The lowest BCUT2D eigenvalue weighted by molar-refractivity contribution is -0.115. The molecule has 0 saturated carbocycles. The highest BCUT2D eigenvalue weighted by molar-refractivity contribution is 7.20. The van der Waals surface area contributed by atoms with Crippen LogP contribution in [0.4, 0.5) is 11.4 Å². The van der Waals surface area contributed by atoms with Gasteiger partial charge in [-0.2, -0.15) is 0 Å². The van der Waals surface area contributed by atoms with E-state index in [1.54, 1.807) is 0 Å². The molecule has 0 aliphatic carbocycles. The van der Waals surface area contributed by atoms with Crippen LogP contribution in [-0.4, -0.2) is 5.91 Å². The summed E-state index contributed by atoms with van der Waals surface area (Å²) in [6, 6.07) is 9.50. The molecule has 0 bridgehead atoms. The number of nitrogens with one attached hydrogen (secondary N) is 2. The highest BCUT2D eigenvalue weighted by Crippen LogP contribution is 2.36. The van der Waals surface area contributed by atoms with Crippen molar-refractivity contribution >= 4 is 51.8 Å². The van der Waals surface area contributed by atoms with Crippen LogP contribution in [0.1, 0.15) is 31.9 Å². The van der Waals surface area contributed by atoms with E-state index in [1.807, 2.05) is 44.2 Å². The normalized spacial score (nSPS) is 12.0. The van der Waals surface area contributed by atoms with E-state index in [1.165, 1.54) is 11.3 Å². The smallest absolute Gasteiger partial charge is 0.224 e. The van der Waals surface area contributed by atoms with Crippen molar-refractivity contribution in [3.63, 3.8) is 0 Å². The molecule has 112 valence electrons. The lowest BCUT2D eigenvalue weighted by atomic mass is 10.1. The molecule has 0 aliphatic rings. The third-order valence-electron chi connectivity index (χ3n) is 3.02. The van der Waals surface area contributed by atoms with E-state index in [-0.39, 0.29) is 11.9 Å². The minimum atomic E-state index is 0.00349. The summed E-state index contributed by atoms with van der Waals surface area (Å²) in [5, 5.41) is 6.17. The molecule has 1 aromatic carbocycles. The van der Waals surface area contributed by atoms with Crippen molar-refractivity contribution in [2.45, 2.75) is 26.3 Å². The summed E-state index contributed by atoms with van der Waals surface area (Å²) >= 11 is 13.5. The SMILES string of the molecule is CCC(=O)Nc1ccc(NC(C)c2cc(Cl)sc2Cl)cc1. The van der Waals surface area contributed by atoms with Crippen LogP contribution in [0.5, 0.6) is 0 Å². The summed E-state index contributed by atoms with van der Waals surface area (Å²) in [7, 11) is 0. The van der Waals surface area contributed by atoms with E-state index in [0.29, 0.717) is 15.1 Å². The number of carbonyl (C=O) groups excluding carboxylic acids is 1. The Balaban J connectivity index is 2.03. The van der Waals surface area contributed by atoms with Gasteiger partial charge in [0.25, 0.3) is 0 Å². The number of rotatable bonds is 5. The van der Waals surface area contributed by atoms with Crippen molar-refractivity contribution in [1.82, 2.24) is 0 Å². The molecule has 1 atom stereocenters. The van der Waals surface area contributed by atoms with Crippen molar-refractivity contribution in [2.75, 3.05) is 10.6 Å². The number of benzene rings is 1. The summed E-state index contributed by atoms with van der Waals surface area (Å²) < 4.78 is 1.38. The average molecular weight is 343 g/mol. The Labute approximate surface area is 138 Å². The summed E-state index contributed by atoms with van der Waals surface area (Å²) in [6.45, 7) is 3.85. The third-order valence-corrected chi connectivity index (χ3v) is 4.54. The molecule has 0 radical (unpaired) electrons. The van der Waals surface area contributed by atoms with Crippen molar-refractivity contribution in [2.24, 2.45) is 0 Å². The van der Waals surface area contributed by atoms with Crippen LogP contribution in [-0.2, 0) is 4.79 Å². The zero-order chi connectivity index (χ0) is 15.4. The first kappa shape index (κ1) is 16.1. The lowest BCUT2D eigenvalue weighted by Crippen LogP contribution is -2.09. The maximum atomic E-state index is 11.3. The predicted molar refractivity (Wildman–Crippen MR) is 91.7 cm³/mol. The molecule has 2 rings (SSSR count). The molecule has 1 heterocycles. The largest absolute Gasteiger partial charge is 0.378 e. The van der Waals surface area contributed by atoms with Gasteiger partial charge in [-0.1, -0.05) is 30.1 Å². The van der Waals surface area contributed by atoms with E-state index in [2.05, 4.69) is 10.6 Å². The van der Waals surface area contributed by atoms with Crippen molar-refractivity contribution in [1.29, 1.82) is 0 Å². The van der Waals surface area contributed by atoms with Crippen LogP contribution in [0.15, 0.2) is 30.3 Å². The van der Waals surface area contributed by atoms with Gasteiger partial charge in [-0.25, -0.2) is 0 Å². The van der Waals surface area contributed by atoms with E-state index in [0.717, 1.165) is 16.9 Å². The zero-order valence-electron chi connectivity index (χ0n) is 11.7. The molecule has 1 aromatic heterocycles. The standard InChI is InChI=1S/C15H16Cl2N2OS/c1-3-14(20)19-11-6-4-10(5-7-11)18-9(2)12-8-13(16)21-15(12)17/h4-9,18H,3H2,1-2H3,(H,19,20). The lowest BCUT2D eigenvalue weighted by Gasteiger charge is -2.15. The Morgan fingerprint density at radius 1 is 1.24 bits per heavy atom. The highest BCUT2D eigenvalue weighted by Gasteiger charge is 2.13. The molecule has 21 heavy (non-hydrogen) atoms. The van der Waals surface area contributed by atoms with Crippen molar-refractivity contribution in [3.05, 3.63) is 44.6 Å². The van der Waals surface area contributed by atoms with Gasteiger partial charge in [0.1, 0.15) is 0 Å². The Morgan fingerprint density at radius 3 is 2.38 bits per heavy atom. The Kier molecular flexibility index (Phi) is 5.51. The first-order valence-electron chi connectivity index (χ1n) is 6.60. The van der Waals surface area contributed by atoms with Crippen molar-refractivity contribution < 1.29 is 4.79 Å². The Hall–Kier alpha value is -1.23. The van der Waals surface area contributed by atoms with Crippen LogP contribution in [0, 0.1) is 0 Å². The minimum absolute atomic E-state index is 0.00349. The quantitative estimate of drug-likeness (QED) is 0.744. The molecule has 6 heteroatoms. The topological polar surface area (TPSA) is 41.1 Å². The van der Waals surface area contributed by atoms with Crippen LogP contribution < -0.4 is 10.6 Å². The highest BCUT2D eigenvalue weighted by atomic mass is 35.5. The zero-order valence-corrected chi connectivity index (χ0v) is 14.1. The summed E-state index contributed by atoms with van der Waals surface area (Å²) in [5.41, 5.74) is 2.72. The molecular formula is C15H16Cl2N2OS. The molecule has 0 spiro atoms. The van der Waals surface area contributed by atoms with E-state index < -0.39 is 0 Å². The number of carbonyl (C=O) groups is 1. The average Bonchev–Trinajstić information content (AvgIpc) is 2.80. The first-order chi connectivity index (χ1) is 9.99. The summed E-state index contributed by atoms with van der Waals surface area (Å²) in [4.78, 5) is 11.3. The minimum Gasteiger partial charge on any atom is -0.378 e. The van der Waals surface area contributed by atoms with Crippen LogP contribution in [0.3, 0.4) is 0 Å². The van der Waals surface area contributed by atoms with Gasteiger partial charge in [0.15, 0.2) is 0 Å². The number of hydrogen-bond donors (Lipinski definition) is 2. The number of hydrogen-bond acceptors (Lipinski definition) is 3. The number of thiophene rings is 1. The van der Waals surface area contributed by atoms with E-state index >= 15 is 0 Å². The monoisotopic (exact) mass is 342 g/mol. The van der Waals surface area contributed by atoms with Gasteiger partial charge in [0.05, 0.1) is 14.7 Å². The van der Waals surface area contributed by atoms with Gasteiger partial charge in [-0.15, -0.1) is 11.3 Å². The molecule has 1 unspecified atom stereocenters. The maximum Gasteiger partial charge on any atom is 0.224 e. The third kappa shape index (κ3) is 4.37. The second-order valence-electron chi connectivity index (χ2n) is 4.62. The van der Waals surface area contributed by atoms with Gasteiger partial charge >= 0.3 is 0 Å². The van der Waals surface area contributed by atoms with E-state index in [9.17, 15) is 4.79 Å². The molecule has 2 aromatic rings. The molecule has 0 fully saturated rings. The van der Waals surface area contributed by atoms with Crippen molar-refractivity contribution in [3.8, 4) is 0 Å². The Bertz CT molecular complexity index is 625. The fourth-order valence-corrected chi connectivity index (χ4v) is 3.52. The van der Waals surface area contributed by atoms with E-state index in [4.69, 9.17) is 23.2 Å². The molecule has 0 saturated heterocycles. The summed E-state index contributed by atoms with van der Waals surface area (Å²) in [5.74, 6) is 0.00349. The second-order valence-corrected chi connectivity index (χ2v) is 6.91. The van der Waals surface area contributed by atoms with Gasteiger partial charge in [-0.3, -0.25) is 4.79 Å². The molecule has 3 nitrogen and oxygen atoms in total. The maximum absolute atomic E-state index is 11.3. The predicted octanol–water partition coefficient (Wildman–Crippen LogP) is 5.58. The summed E-state index contributed by atoms with van der Waals surface area (Å²) in [6.07, 6.45) is 0.467. The van der Waals surface area contributed by atoms with Gasteiger partial charge < -0.3 is 10.6 Å². The molecule has 1 amide bonds. The van der Waals surface area contributed by atoms with Gasteiger partial charge in [-0.05, 0) is 37.3 Å². The van der Waals surface area contributed by atoms with Crippen LogP contribution >= 0.6 is 34.5 Å². The molecule has 0 aliphatic heterocycles. The van der Waals surface area contributed by atoms with Crippen LogP contribution in [0.25, 0.3) is 0 Å². The number of halogens is 2. The number of amides is 1. The molecular weight excluding hydrogens is 327 g/mol. The van der Waals surface area contributed by atoms with Gasteiger partial charge in [0.2, 0.25) is 5.91 Å². The van der Waals surface area contributed by atoms with Gasteiger partial charge in [0, 0.05) is 23.4 Å². The second kappa shape index (κ2) is 7.16. The fourth-order valence-electron chi connectivity index (χ4n) is 1.88. The first-order valence-corrected chi connectivity index (χ1v) is 8.18. The Morgan fingerprint density at radius 2 is 1.86 bits per heavy atom. The molecule has 2 N–H and O–H groups in total. The number of anilines is 2. The van der Waals surface area contributed by atoms with Crippen LogP contribution in [0.2, 0.25) is 8.67 Å². The fraction of sp³-hybridized carbons (Fsp3) is 0.267.